The normalized spacial score (nSPS) is 19.4. The van der Waals surface area contributed by atoms with Crippen molar-refractivity contribution in [3.05, 3.63) is 100 Å². The molecule has 0 unspecified atom stereocenters. The van der Waals surface area contributed by atoms with Gasteiger partial charge in [-0.25, -0.2) is 4.39 Å². The molecule has 1 aliphatic carbocycles. The van der Waals surface area contributed by atoms with Crippen LogP contribution >= 0.6 is 0 Å². The summed E-state index contributed by atoms with van der Waals surface area (Å²) in [7, 11) is 0. The van der Waals surface area contributed by atoms with E-state index in [2.05, 4.69) is 82.9 Å². The topological polar surface area (TPSA) is 52.6 Å². The van der Waals surface area contributed by atoms with Gasteiger partial charge in [-0.05, 0) is 88.2 Å². The Hall–Kier alpha value is -3.60. The summed E-state index contributed by atoms with van der Waals surface area (Å²) in [5.41, 5.74) is 6.93. The smallest absolute Gasteiger partial charge is 0.163 e. The van der Waals surface area contributed by atoms with Crippen molar-refractivity contribution in [2.24, 2.45) is 0 Å². The molecule has 2 N–H and O–H groups in total. The van der Waals surface area contributed by atoms with Gasteiger partial charge in [-0.3, -0.25) is 4.79 Å². The summed E-state index contributed by atoms with van der Waals surface area (Å²) in [6, 6.07) is 18.8. The minimum absolute atomic E-state index is 0.0324. The quantitative estimate of drug-likeness (QED) is 0.338. The third-order valence-electron chi connectivity index (χ3n) is 8.46. The summed E-state index contributed by atoms with van der Waals surface area (Å²) in [4.78, 5) is 16.7. The second kappa shape index (κ2) is 10.7. The Bertz CT molecular complexity index is 1460. The minimum atomic E-state index is -0.314. The van der Waals surface area contributed by atoms with E-state index in [1.165, 1.54) is 12.1 Å². The number of halogens is 1. The van der Waals surface area contributed by atoms with Gasteiger partial charge >= 0.3 is 0 Å². The summed E-state index contributed by atoms with van der Waals surface area (Å²) in [5.74, 6) is 0.136. The number of aromatic hydroxyl groups is 1. The van der Waals surface area contributed by atoms with E-state index < -0.39 is 0 Å². The highest BCUT2D eigenvalue weighted by Crippen LogP contribution is 2.49. The Kier molecular flexibility index (Phi) is 7.52. The number of hydrogen-bond acceptors (Lipinski definition) is 4. The molecule has 0 spiro atoms. The van der Waals surface area contributed by atoms with Gasteiger partial charge in [-0.1, -0.05) is 72.7 Å². The van der Waals surface area contributed by atoms with E-state index in [-0.39, 0.29) is 34.4 Å². The summed E-state index contributed by atoms with van der Waals surface area (Å²) in [5, 5.41) is 15.2. The molecule has 2 aliphatic rings. The van der Waals surface area contributed by atoms with Crippen molar-refractivity contribution in [3.8, 4) is 5.75 Å². The highest BCUT2D eigenvalue weighted by molar-refractivity contribution is 6.01. The van der Waals surface area contributed by atoms with Crippen molar-refractivity contribution in [2.45, 2.75) is 90.5 Å². The number of anilines is 2. The molecule has 1 aliphatic heterocycles. The van der Waals surface area contributed by atoms with E-state index in [1.807, 2.05) is 12.1 Å². The van der Waals surface area contributed by atoms with Crippen LogP contribution in [0, 0.1) is 5.82 Å². The fourth-order valence-electron chi connectivity index (χ4n) is 6.42. The van der Waals surface area contributed by atoms with Gasteiger partial charge in [0, 0.05) is 24.2 Å². The molecule has 0 amide bonds. The number of benzene rings is 3. The Morgan fingerprint density at radius 1 is 0.902 bits per heavy atom. The van der Waals surface area contributed by atoms with Gasteiger partial charge in [-0.15, -0.1) is 0 Å². The monoisotopic (exact) mass is 554 g/mol. The van der Waals surface area contributed by atoms with Crippen molar-refractivity contribution < 1.29 is 14.3 Å². The van der Waals surface area contributed by atoms with E-state index >= 15 is 0 Å². The molecule has 0 fully saturated rings. The molecule has 3 aromatic rings. The minimum Gasteiger partial charge on any atom is -0.507 e. The van der Waals surface area contributed by atoms with Crippen LogP contribution in [0.1, 0.15) is 102 Å². The highest BCUT2D eigenvalue weighted by Gasteiger charge is 2.40. The fraction of sp³-hybridized carbons (Fsp3) is 0.417. The third-order valence-corrected chi connectivity index (χ3v) is 8.46. The van der Waals surface area contributed by atoms with Crippen molar-refractivity contribution in [1.29, 1.82) is 0 Å². The number of rotatable bonds is 4. The lowest BCUT2D eigenvalue weighted by Gasteiger charge is -2.38. The van der Waals surface area contributed by atoms with Gasteiger partial charge in [0.05, 0.1) is 17.4 Å². The molecule has 0 bridgehead atoms. The Morgan fingerprint density at radius 2 is 1.51 bits per heavy atom. The molecule has 3 aromatic carbocycles. The summed E-state index contributed by atoms with van der Waals surface area (Å²) in [6.45, 7) is 15.7. The van der Waals surface area contributed by atoms with Crippen LogP contribution in [0.2, 0.25) is 0 Å². The van der Waals surface area contributed by atoms with Gasteiger partial charge in [-0.2, -0.15) is 0 Å². The lowest BCUT2D eigenvalue weighted by atomic mass is 9.74. The number of carbonyl (C=O) groups is 1. The molecule has 0 saturated carbocycles. The van der Waals surface area contributed by atoms with Gasteiger partial charge in [0.1, 0.15) is 11.6 Å². The lowest BCUT2D eigenvalue weighted by molar-refractivity contribution is -0.116. The predicted molar refractivity (Wildman–Crippen MR) is 166 cm³/mol. The summed E-state index contributed by atoms with van der Waals surface area (Å²) in [6.07, 6.45) is 1.94. The number of para-hydroxylation sites is 2. The van der Waals surface area contributed by atoms with Crippen LogP contribution in [0.15, 0.2) is 71.9 Å². The maximum atomic E-state index is 14.3. The number of nitrogens with zero attached hydrogens (tertiary/aromatic N) is 1. The number of nitrogens with one attached hydrogen (secondary N) is 1. The second-order valence-electron chi connectivity index (χ2n) is 13.7. The molecule has 0 radical (unpaired) electrons. The summed E-state index contributed by atoms with van der Waals surface area (Å²) >= 11 is 0. The maximum Gasteiger partial charge on any atom is 0.163 e. The zero-order valence-corrected chi connectivity index (χ0v) is 25.4. The number of phenols is 1. The van der Waals surface area contributed by atoms with Gasteiger partial charge in [0.25, 0.3) is 0 Å². The van der Waals surface area contributed by atoms with Gasteiger partial charge in [0.2, 0.25) is 0 Å². The highest BCUT2D eigenvalue weighted by atomic mass is 19.1. The molecular weight excluding hydrogens is 511 g/mol. The average Bonchev–Trinajstić information content (AvgIpc) is 3.03. The van der Waals surface area contributed by atoms with Crippen molar-refractivity contribution >= 4 is 17.2 Å². The van der Waals surface area contributed by atoms with E-state index in [0.29, 0.717) is 18.6 Å². The largest absolute Gasteiger partial charge is 0.507 e. The first-order chi connectivity index (χ1) is 19.3. The maximum absolute atomic E-state index is 14.3. The molecule has 5 rings (SSSR count). The first kappa shape index (κ1) is 28.9. The number of fused-ring (bicyclic) bond motifs is 1. The molecule has 0 aromatic heterocycles. The number of allylic oxidation sites excluding steroid dienone is 1. The fourth-order valence-corrected chi connectivity index (χ4v) is 6.42. The Labute approximate surface area is 244 Å². The van der Waals surface area contributed by atoms with E-state index in [1.54, 1.807) is 12.1 Å². The zero-order chi connectivity index (χ0) is 29.7. The van der Waals surface area contributed by atoms with Crippen LogP contribution in [0.25, 0.3) is 0 Å². The Balaban J connectivity index is 1.77. The molecular formula is C36H43FN2O2. The number of ketones is 1. The van der Waals surface area contributed by atoms with Crippen LogP contribution < -0.4 is 10.2 Å². The molecule has 1 heterocycles. The van der Waals surface area contributed by atoms with Crippen LogP contribution in [0.3, 0.4) is 0 Å². The van der Waals surface area contributed by atoms with E-state index in [0.717, 1.165) is 57.9 Å². The SMILES string of the molecule is CCCN1c2ccccc2NC2=C(C(=O)C[C@@H](c3ccc(F)cc3)C2)[C@H]1c1cc(C(C)(C)C)c(O)c(C(C)(C)C)c1. The molecule has 41 heavy (non-hydrogen) atoms. The molecule has 2 atom stereocenters. The van der Waals surface area contributed by atoms with Crippen molar-refractivity contribution in [1.82, 2.24) is 0 Å². The number of phenolic OH excluding ortho intramolecular Hbond substituents is 1. The van der Waals surface area contributed by atoms with Gasteiger partial charge < -0.3 is 15.3 Å². The first-order valence-corrected chi connectivity index (χ1v) is 14.8. The molecule has 4 nitrogen and oxygen atoms in total. The zero-order valence-electron chi connectivity index (χ0n) is 25.4. The number of Topliss-reactive ketones (excluding diaryl/α,β-unsaturated/α-hetero) is 1. The van der Waals surface area contributed by atoms with Crippen LogP contribution in [0.4, 0.5) is 15.8 Å². The number of carbonyl (C=O) groups excluding carboxylic acids is 1. The van der Waals surface area contributed by atoms with Crippen molar-refractivity contribution in [2.75, 3.05) is 16.8 Å². The third kappa shape index (κ3) is 5.51. The first-order valence-electron chi connectivity index (χ1n) is 14.8. The van der Waals surface area contributed by atoms with Gasteiger partial charge in [0.15, 0.2) is 5.78 Å². The van der Waals surface area contributed by atoms with E-state index in [9.17, 15) is 14.3 Å². The van der Waals surface area contributed by atoms with Crippen LogP contribution in [-0.2, 0) is 15.6 Å². The molecule has 0 saturated heterocycles. The Morgan fingerprint density at radius 3 is 2.10 bits per heavy atom. The molecule has 5 heteroatoms. The predicted octanol–water partition coefficient (Wildman–Crippen LogP) is 8.91. The number of hydrogen-bond donors (Lipinski definition) is 2. The second-order valence-corrected chi connectivity index (χ2v) is 13.7. The van der Waals surface area contributed by atoms with E-state index in [4.69, 9.17) is 0 Å². The standard InChI is InChI=1S/C36H43FN2O2/c1-8-17-39-30-12-10-9-11-28(30)38-29-20-23(22-13-15-25(37)16-14-22)21-31(40)32(29)33(39)24-18-26(35(2,3)4)34(41)27(19-24)36(5,6)7/h9-16,18-19,23,33,38,41H,8,17,20-21H2,1-7H3/t23-,33+/m0/s1. The van der Waals surface area contributed by atoms with Crippen LogP contribution in [-0.4, -0.2) is 17.4 Å². The molecule has 216 valence electrons. The lowest BCUT2D eigenvalue weighted by Crippen LogP contribution is -2.35. The summed E-state index contributed by atoms with van der Waals surface area (Å²) < 4.78 is 13.7. The average molecular weight is 555 g/mol. The van der Waals surface area contributed by atoms with Crippen molar-refractivity contribution in [3.63, 3.8) is 0 Å². The van der Waals surface area contributed by atoms with Crippen LogP contribution in [0.5, 0.6) is 5.75 Å².